The van der Waals surface area contributed by atoms with Crippen LogP contribution in [0.25, 0.3) is 0 Å². The van der Waals surface area contributed by atoms with E-state index in [-0.39, 0.29) is 18.1 Å². The Morgan fingerprint density at radius 2 is 1.65 bits per heavy atom. The predicted molar refractivity (Wildman–Crippen MR) is 74.7 cm³/mol. The van der Waals surface area contributed by atoms with Gasteiger partial charge in [-0.25, -0.2) is 0 Å². The molecule has 20 heavy (non-hydrogen) atoms. The Morgan fingerprint density at radius 3 is 2.10 bits per heavy atom. The minimum atomic E-state index is -4.11. The van der Waals surface area contributed by atoms with E-state index < -0.39 is 23.2 Å². The van der Waals surface area contributed by atoms with Gasteiger partial charge < -0.3 is 13.2 Å². The second-order valence-electron chi connectivity index (χ2n) is 3.58. The highest BCUT2D eigenvalue weighted by atomic mass is 32.2. The predicted octanol–water partition coefficient (Wildman–Crippen LogP) is 3.13. The maximum Gasteiger partial charge on any atom is 0.396 e. The van der Waals surface area contributed by atoms with E-state index in [1.165, 1.54) is 12.1 Å². The fourth-order valence-corrected chi connectivity index (χ4v) is 3.87. The molecular weight excluding hydrogens is 303 g/mol. The molecule has 0 aliphatic carbocycles. The molecule has 0 N–H and O–H groups in total. The van der Waals surface area contributed by atoms with Crippen LogP contribution in [0.15, 0.2) is 47.3 Å². The van der Waals surface area contributed by atoms with Crippen molar-refractivity contribution in [3.63, 3.8) is 0 Å². The largest absolute Gasteiger partial charge is 0.396 e. The Balaban J connectivity index is 2.97. The van der Waals surface area contributed by atoms with E-state index >= 15 is 0 Å². The zero-order chi connectivity index (χ0) is 15.2. The monoisotopic (exact) mass is 320 g/mol. The zero-order valence-corrected chi connectivity index (χ0v) is 13.0. The summed E-state index contributed by atoms with van der Waals surface area (Å²) in [7, 11) is -7.93. The van der Waals surface area contributed by atoms with Crippen LogP contribution >= 0.6 is 7.60 Å². The van der Waals surface area contributed by atoms with Crippen molar-refractivity contribution in [3.8, 4) is 0 Å². The first-order valence-corrected chi connectivity index (χ1v) is 8.89. The molecule has 112 valence electrons. The van der Waals surface area contributed by atoms with Crippen LogP contribution in [-0.2, 0) is 27.9 Å². The van der Waals surface area contributed by atoms with Crippen molar-refractivity contribution in [1.29, 1.82) is 0 Å². The van der Waals surface area contributed by atoms with Gasteiger partial charge in [0.25, 0.3) is 0 Å². The zero-order valence-electron chi connectivity index (χ0n) is 11.3. The Labute approximate surface area is 119 Å². The molecule has 0 radical (unpaired) electrons. The van der Waals surface area contributed by atoms with Gasteiger partial charge in [0.1, 0.15) is 4.90 Å². The molecule has 0 bridgehead atoms. The molecule has 0 spiro atoms. The molecule has 0 atom stereocenters. The van der Waals surface area contributed by atoms with Crippen molar-refractivity contribution in [2.24, 2.45) is 0 Å². The van der Waals surface area contributed by atoms with E-state index in [4.69, 9.17) is 13.2 Å². The highest BCUT2D eigenvalue weighted by molar-refractivity contribution is 7.87. The quantitative estimate of drug-likeness (QED) is 0.416. The maximum atomic E-state index is 12.3. The van der Waals surface area contributed by atoms with Crippen molar-refractivity contribution in [1.82, 2.24) is 0 Å². The fraction of sp³-hybridized carbons (Fsp3) is 0.333. The normalized spacial score (nSPS) is 12.1. The SMILES string of the molecule is C=C(OS(=O)(=O)c1ccccc1)P(=O)(OCC)OCC. The number of hydrogen-bond acceptors (Lipinski definition) is 6. The molecule has 0 heterocycles. The second-order valence-corrected chi connectivity index (χ2v) is 7.13. The summed E-state index contributed by atoms with van der Waals surface area (Å²) < 4.78 is 50.9. The molecule has 1 aromatic carbocycles. The van der Waals surface area contributed by atoms with Gasteiger partial charge in [-0.1, -0.05) is 18.2 Å². The van der Waals surface area contributed by atoms with Crippen LogP contribution in [0.5, 0.6) is 0 Å². The van der Waals surface area contributed by atoms with Gasteiger partial charge in [0.2, 0.25) is 5.50 Å². The van der Waals surface area contributed by atoms with Gasteiger partial charge in [0.05, 0.1) is 13.2 Å². The standard InChI is InChI=1S/C12H17O6PS/c1-4-16-19(13,17-5-2)11(3)18-20(14,15)12-9-7-6-8-10-12/h6-10H,3-5H2,1-2H3. The van der Waals surface area contributed by atoms with Crippen LogP contribution < -0.4 is 0 Å². The third-order valence-electron chi connectivity index (χ3n) is 2.14. The average molecular weight is 320 g/mol. The van der Waals surface area contributed by atoms with Crippen molar-refractivity contribution >= 4 is 17.7 Å². The lowest BCUT2D eigenvalue weighted by Crippen LogP contribution is -2.08. The molecule has 0 aromatic heterocycles. The fourth-order valence-electron chi connectivity index (χ4n) is 1.33. The number of benzene rings is 1. The molecule has 6 nitrogen and oxygen atoms in total. The van der Waals surface area contributed by atoms with Crippen LogP contribution in [-0.4, -0.2) is 21.6 Å². The Kier molecular flexibility index (Phi) is 5.95. The lowest BCUT2D eigenvalue weighted by molar-refractivity contribution is 0.214. The Bertz CT molecular complexity index is 586. The third kappa shape index (κ3) is 4.18. The van der Waals surface area contributed by atoms with Crippen molar-refractivity contribution < 1.29 is 26.2 Å². The highest BCUT2D eigenvalue weighted by Crippen LogP contribution is 2.56. The van der Waals surface area contributed by atoms with Gasteiger partial charge in [0.15, 0.2) is 0 Å². The van der Waals surface area contributed by atoms with E-state index in [9.17, 15) is 13.0 Å². The lowest BCUT2D eigenvalue weighted by Gasteiger charge is -2.18. The van der Waals surface area contributed by atoms with E-state index in [0.29, 0.717) is 0 Å². The van der Waals surface area contributed by atoms with E-state index in [2.05, 4.69) is 6.58 Å². The first kappa shape index (κ1) is 16.9. The Morgan fingerprint density at radius 1 is 1.15 bits per heavy atom. The molecule has 8 heteroatoms. The molecule has 1 rings (SSSR count). The van der Waals surface area contributed by atoms with E-state index in [1.807, 2.05) is 0 Å². The van der Waals surface area contributed by atoms with Gasteiger partial charge in [-0.05, 0) is 32.6 Å². The summed E-state index contributed by atoms with van der Waals surface area (Å²) in [5, 5.41) is 0. The first-order chi connectivity index (χ1) is 9.35. The molecule has 0 fully saturated rings. The second kappa shape index (κ2) is 7.04. The van der Waals surface area contributed by atoms with Crippen LogP contribution in [0.2, 0.25) is 0 Å². The van der Waals surface area contributed by atoms with Crippen LogP contribution in [0.3, 0.4) is 0 Å². The van der Waals surface area contributed by atoms with Gasteiger partial charge >= 0.3 is 17.7 Å². The summed E-state index contributed by atoms with van der Waals surface area (Å²) in [6.07, 6.45) is 0. The summed E-state index contributed by atoms with van der Waals surface area (Å²) >= 11 is 0. The van der Waals surface area contributed by atoms with Crippen LogP contribution in [0.4, 0.5) is 0 Å². The molecular formula is C12H17O6PS. The van der Waals surface area contributed by atoms with Gasteiger partial charge in [0, 0.05) is 0 Å². The summed E-state index contributed by atoms with van der Waals surface area (Å²) in [4.78, 5) is -0.0688. The Hall–Kier alpha value is -1.14. The molecule has 0 aliphatic rings. The van der Waals surface area contributed by atoms with Gasteiger partial charge in [-0.15, -0.1) is 0 Å². The summed E-state index contributed by atoms with van der Waals surface area (Å²) in [6.45, 7) is 6.71. The smallest absolute Gasteiger partial charge is 0.371 e. The highest BCUT2D eigenvalue weighted by Gasteiger charge is 2.34. The van der Waals surface area contributed by atoms with Crippen molar-refractivity contribution in [2.75, 3.05) is 13.2 Å². The molecule has 1 aromatic rings. The van der Waals surface area contributed by atoms with Crippen LogP contribution in [0.1, 0.15) is 13.8 Å². The lowest BCUT2D eigenvalue weighted by atomic mass is 10.4. The average Bonchev–Trinajstić information content (AvgIpc) is 2.40. The van der Waals surface area contributed by atoms with E-state index in [1.54, 1.807) is 32.0 Å². The van der Waals surface area contributed by atoms with E-state index in [0.717, 1.165) is 0 Å². The first-order valence-electron chi connectivity index (χ1n) is 5.94. The molecule has 0 saturated carbocycles. The van der Waals surface area contributed by atoms with Crippen LogP contribution in [0, 0.1) is 0 Å². The summed E-state index contributed by atoms with van der Waals surface area (Å²) in [6, 6.07) is 7.47. The van der Waals surface area contributed by atoms with Gasteiger partial charge in [-0.2, -0.15) is 8.42 Å². The topological polar surface area (TPSA) is 78.9 Å². The third-order valence-corrected chi connectivity index (χ3v) is 5.43. The molecule has 0 amide bonds. The molecule has 0 unspecified atom stereocenters. The van der Waals surface area contributed by atoms with Crippen molar-refractivity contribution in [3.05, 3.63) is 42.4 Å². The number of hydrogen-bond donors (Lipinski definition) is 0. The van der Waals surface area contributed by atoms with Crippen molar-refractivity contribution in [2.45, 2.75) is 18.7 Å². The molecule has 0 aliphatic heterocycles. The summed E-state index contributed by atoms with van der Waals surface area (Å²) in [5.74, 6) is 0. The minimum absolute atomic E-state index is 0.0688. The summed E-state index contributed by atoms with van der Waals surface area (Å²) in [5.41, 5.74) is -0.551. The molecule has 0 saturated heterocycles. The maximum absolute atomic E-state index is 12.3. The minimum Gasteiger partial charge on any atom is -0.371 e. The van der Waals surface area contributed by atoms with Gasteiger partial charge in [-0.3, -0.25) is 4.57 Å². The number of rotatable bonds is 8.